The van der Waals surface area contributed by atoms with Gasteiger partial charge in [-0.05, 0) is 38.7 Å². The van der Waals surface area contributed by atoms with Gasteiger partial charge in [0.2, 0.25) is 0 Å². The first-order valence-electron chi connectivity index (χ1n) is 7.68. The maximum Gasteiger partial charge on any atom is 0.334 e. The highest BCUT2D eigenvalue weighted by atomic mass is 16.5. The van der Waals surface area contributed by atoms with Gasteiger partial charge < -0.3 is 15.2 Å². The number of ether oxygens (including phenoxy) is 1. The smallest absolute Gasteiger partial charge is 0.334 e. The summed E-state index contributed by atoms with van der Waals surface area (Å²) >= 11 is 0. The van der Waals surface area contributed by atoms with E-state index in [1.165, 1.54) is 11.1 Å². The van der Waals surface area contributed by atoms with Gasteiger partial charge in [0.15, 0.2) is 0 Å². The molecule has 0 aromatic carbocycles. The number of fused-ring (bicyclic) bond motifs is 1. The summed E-state index contributed by atoms with van der Waals surface area (Å²) in [6, 6.07) is 0. The summed E-state index contributed by atoms with van der Waals surface area (Å²) in [7, 11) is 0. The number of hydrogen-bond donors (Lipinski definition) is 2. The van der Waals surface area contributed by atoms with Gasteiger partial charge in [-0.25, -0.2) is 4.79 Å². The fraction of sp³-hybridized carbons (Fsp3) is 0.588. The summed E-state index contributed by atoms with van der Waals surface area (Å²) in [5, 5.41) is 12.1. The van der Waals surface area contributed by atoms with E-state index in [1.807, 2.05) is 0 Å². The second-order valence-corrected chi connectivity index (χ2v) is 5.85. The van der Waals surface area contributed by atoms with E-state index in [9.17, 15) is 4.79 Å². The topological polar surface area (TPSA) is 58.6 Å². The summed E-state index contributed by atoms with van der Waals surface area (Å²) in [4.78, 5) is 11.7. The highest BCUT2D eigenvalue weighted by Crippen LogP contribution is 2.34. The van der Waals surface area contributed by atoms with Crippen LogP contribution in [-0.2, 0) is 9.53 Å². The Kier molecular flexibility index (Phi) is 5.76. The minimum Gasteiger partial charge on any atom is -0.454 e. The van der Waals surface area contributed by atoms with Crippen LogP contribution < -0.4 is 5.32 Å². The second-order valence-electron chi connectivity index (χ2n) is 5.85. The standard InChI is InChI=1S/C17H25NO3/c1-12-4-3-5-14(11-18-8-9-19)6-7-15-13(2)17(20)21-16(15)10-12/h5,10,15-16,18-19H,2-4,6-9,11H2,1H3/b12-10+,14-5-/t15-,16-/m1/s1. The van der Waals surface area contributed by atoms with Crippen LogP contribution in [0.1, 0.15) is 32.6 Å². The van der Waals surface area contributed by atoms with E-state index in [2.05, 4.69) is 31.0 Å². The molecule has 0 aromatic rings. The van der Waals surface area contributed by atoms with Crippen molar-refractivity contribution in [1.82, 2.24) is 5.32 Å². The minimum absolute atomic E-state index is 0.0896. The van der Waals surface area contributed by atoms with Crippen molar-refractivity contribution >= 4 is 5.97 Å². The van der Waals surface area contributed by atoms with Crippen LogP contribution in [0.5, 0.6) is 0 Å². The zero-order valence-electron chi connectivity index (χ0n) is 12.7. The summed E-state index contributed by atoms with van der Waals surface area (Å²) in [6.07, 6.45) is 8.02. The average molecular weight is 291 g/mol. The molecule has 1 aliphatic heterocycles. The Morgan fingerprint density at radius 3 is 3.05 bits per heavy atom. The van der Waals surface area contributed by atoms with Crippen molar-refractivity contribution in [3.05, 3.63) is 35.5 Å². The van der Waals surface area contributed by atoms with Crippen molar-refractivity contribution in [3.63, 3.8) is 0 Å². The lowest BCUT2D eigenvalue weighted by Crippen LogP contribution is -2.22. The number of rotatable bonds is 4. The Labute approximate surface area is 126 Å². The third-order valence-electron chi connectivity index (χ3n) is 4.19. The molecule has 1 fully saturated rings. The fourth-order valence-corrected chi connectivity index (χ4v) is 2.92. The Bertz CT molecular complexity index is 465. The van der Waals surface area contributed by atoms with Gasteiger partial charge in [-0.15, -0.1) is 0 Å². The van der Waals surface area contributed by atoms with Crippen molar-refractivity contribution in [1.29, 1.82) is 0 Å². The van der Waals surface area contributed by atoms with E-state index < -0.39 is 0 Å². The highest BCUT2D eigenvalue weighted by Gasteiger charge is 2.37. The molecule has 2 N–H and O–H groups in total. The summed E-state index contributed by atoms with van der Waals surface area (Å²) in [5.74, 6) is -0.163. The summed E-state index contributed by atoms with van der Waals surface area (Å²) in [5.41, 5.74) is 3.20. The van der Waals surface area contributed by atoms with E-state index in [1.54, 1.807) is 0 Å². The molecule has 0 amide bonds. The van der Waals surface area contributed by atoms with Crippen LogP contribution in [0.15, 0.2) is 35.5 Å². The molecule has 2 atom stereocenters. The quantitative estimate of drug-likeness (QED) is 0.360. The Morgan fingerprint density at radius 1 is 1.48 bits per heavy atom. The normalized spacial score (nSPS) is 31.7. The molecule has 116 valence electrons. The SMILES string of the molecule is C=C1C(=O)O[C@@H]2/C=C(\C)CC/C=C(\CNCCO)CC[C@H]12. The molecule has 1 saturated heterocycles. The molecule has 0 radical (unpaired) electrons. The van der Waals surface area contributed by atoms with Crippen molar-refractivity contribution in [2.75, 3.05) is 19.7 Å². The number of allylic oxidation sites excluding steroid dienone is 2. The van der Waals surface area contributed by atoms with Crippen molar-refractivity contribution in [2.45, 2.75) is 38.7 Å². The van der Waals surface area contributed by atoms with Crippen LogP contribution in [0.25, 0.3) is 0 Å². The maximum atomic E-state index is 11.7. The molecule has 4 nitrogen and oxygen atoms in total. The minimum atomic E-state index is -0.253. The Morgan fingerprint density at radius 2 is 2.29 bits per heavy atom. The lowest BCUT2D eigenvalue weighted by Gasteiger charge is -2.18. The molecule has 0 bridgehead atoms. The van der Waals surface area contributed by atoms with Crippen LogP contribution in [-0.4, -0.2) is 36.9 Å². The van der Waals surface area contributed by atoms with Gasteiger partial charge in [0.05, 0.1) is 6.61 Å². The lowest BCUT2D eigenvalue weighted by atomic mass is 9.88. The monoisotopic (exact) mass is 291 g/mol. The maximum absolute atomic E-state index is 11.7. The van der Waals surface area contributed by atoms with E-state index >= 15 is 0 Å². The average Bonchev–Trinajstić information content (AvgIpc) is 2.71. The zero-order chi connectivity index (χ0) is 15.2. The van der Waals surface area contributed by atoms with Gasteiger partial charge in [-0.2, -0.15) is 0 Å². The van der Waals surface area contributed by atoms with Crippen LogP contribution in [0, 0.1) is 5.92 Å². The lowest BCUT2D eigenvalue weighted by molar-refractivity contribution is -0.137. The van der Waals surface area contributed by atoms with E-state index in [0.717, 1.165) is 32.2 Å². The number of carbonyl (C=O) groups is 1. The number of esters is 1. The first kappa shape index (κ1) is 16.0. The number of aliphatic hydroxyl groups excluding tert-OH is 1. The first-order chi connectivity index (χ1) is 10.1. The van der Waals surface area contributed by atoms with Gasteiger partial charge in [0.25, 0.3) is 0 Å². The van der Waals surface area contributed by atoms with E-state index in [4.69, 9.17) is 9.84 Å². The van der Waals surface area contributed by atoms with Crippen molar-refractivity contribution in [2.24, 2.45) is 5.92 Å². The van der Waals surface area contributed by atoms with E-state index in [0.29, 0.717) is 12.1 Å². The van der Waals surface area contributed by atoms with Crippen LogP contribution >= 0.6 is 0 Å². The summed E-state index contributed by atoms with van der Waals surface area (Å²) < 4.78 is 5.43. The molecule has 0 spiro atoms. The van der Waals surface area contributed by atoms with Crippen molar-refractivity contribution in [3.8, 4) is 0 Å². The zero-order valence-corrected chi connectivity index (χ0v) is 12.7. The highest BCUT2D eigenvalue weighted by molar-refractivity contribution is 5.91. The van der Waals surface area contributed by atoms with Crippen LogP contribution in [0.3, 0.4) is 0 Å². The molecule has 4 heteroatoms. The van der Waals surface area contributed by atoms with Crippen molar-refractivity contribution < 1.29 is 14.6 Å². The molecule has 1 aliphatic carbocycles. The Hall–Kier alpha value is -1.39. The van der Waals surface area contributed by atoms with Gasteiger partial charge in [-0.3, -0.25) is 0 Å². The predicted octanol–water partition coefficient (Wildman–Crippen LogP) is 2.11. The molecule has 0 unspecified atom stereocenters. The van der Waals surface area contributed by atoms with Gasteiger partial charge in [0, 0.05) is 24.6 Å². The number of carbonyl (C=O) groups excluding carboxylic acids is 1. The second kappa shape index (κ2) is 7.57. The molecule has 0 aromatic heterocycles. The predicted molar refractivity (Wildman–Crippen MR) is 82.8 cm³/mol. The van der Waals surface area contributed by atoms with Crippen LogP contribution in [0.2, 0.25) is 0 Å². The van der Waals surface area contributed by atoms with Crippen LogP contribution in [0.4, 0.5) is 0 Å². The molecular weight excluding hydrogens is 266 g/mol. The largest absolute Gasteiger partial charge is 0.454 e. The first-order valence-corrected chi connectivity index (χ1v) is 7.68. The molecule has 1 heterocycles. The summed E-state index contributed by atoms with van der Waals surface area (Å²) in [6.45, 7) is 7.54. The molecule has 2 rings (SSSR count). The van der Waals surface area contributed by atoms with E-state index in [-0.39, 0.29) is 24.6 Å². The molecular formula is C17H25NO3. The molecule has 0 saturated carbocycles. The molecule has 21 heavy (non-hydrogen) atoms. The van der Waals surface area contributed by atoms with Gasteiger partial charge in [0.1, 0.15) is 6.10 Å². The molecule has 2 aliphatic rings. The number of nitrogens with one attached hydrogen (secondary N) is 1. The number of hydrogen-bond acceptors (Lipinski definition) is 4. The van der Waals surface area contributed by atoms with Gasteiger partial charge in [-0.1, -0.05) is 23.8 Å². The Balaban J connectivity index is 2.07. The third kappa shape index (κ3) is 4.29. The number of aliphatic hydroxyl groups is 1. The van der Waals surface area contributed by atoms with Gasteiger partial charge >= 0.3 is 5.97 Å². The third-order valence-corrected chi connectivity index (χ3v) is 4.19. The fourth-order valence-electron chi connectivity index (χ4n) is 2.92.